The summed E-state index contributed by atoms with van der Waals surface area (Å²) in [4.78, 5) is 14.2. The molecule has 120 valence electrons. The van der Waals surface area contributed by atoms with E-state index in [-0.39, 0.29) is 11.3 Å². The van der Waals surface area contributed by atoms with Gasteiger partial charge in [0.25, 0.3) is 0 Å². The van der Waals surface area contributed by atoms with Crippen molar-refractivity contribution in [1.82, 2.24) is 4.90 Å². The van der Waals surface area contributed by atoms with E-state index < -0.39 is 0 Å². The Balaban J connectivity index is 1.87. The molecular weight excluding hydrogens is 310 g/mol. The number of carbonyl (C=O) groups excluding carboxylic acids is 1. The third-order valence-corrected chi connectivity index (χ3v) is 5.11. The number of hydrogen-bond donors (Lipinski definition) is 0. The lowest BCUT2D eigenvalue weighted by Gasteiger charge is -2.25. The molecule has 0 N–H and O–H groups in total. The molecule has 0 spiro atoms. The molecule has 1 fully saturated rings. The first kappa shape index (κ1) is 15.7. The Morgan fingerprint density at radius 2 is 1.83 bits per heavy atom. The maximum atomic E-state index is 12.3. The van der Waals surface area contributed by atoms with Gasteiger partial charge in [-0.15, -0.1) is 11.8 Å². The SMILES string of the molecule is COc1ccc([C@@H]2SCC(=O)N2Cc2ccccc2)cc1OC. The number of amides is 1. The topological polar surface area (TPSA) is 38.8 Å². The van der Waals surface area contributed by atoms with Gasteiger partial charge >= 0.3 is 0 Å². The summed E-state index contributed by atoms with van der Waals surface area (Å²) in [6.45, 7) is 0.617. The average Bonchev–Trinajstić information content (AvgIpc) is 2.96. The normalized spacial score (nSPS) is 17.4. The van der Waals surface area contributed by atoms with E-state index in [1.54, 1.807) is 26.0 Å². The lowest BCUT2D eigenvalue weighted by molar-refractivity contribution is -0.128. The molecule has 0 aliphatic carbocycles. The predicted octanol–water partition coefficient (Wildman–Crippen LogP) is 3.48. The van der Waals surface area contributed by atoms with Gasteiger partial charge in [0.05, 0.1) is 20.0 Å². The molecule has 0 bridgehead atoms. The third kappa shape index (κ3) is 3.29. The minimum Gasteiger partial charge on any atom is -0.493 e. The van der Waals surface area contributed by atoms with Crippen molar-refractivity contribution >= 4 is 17.7 Å². The van der Waals surface area contributed by atoms with Crippen LogP contribution in [0, 0.1) is 0 Å². The van der Waals surface area contributed by atoms with Gasteiger partial charge in [0.2, 0.25) is 5.91 Å². The van der Waals surface area contributed by atoms with Gasteiger partial charge in [0.15, 0.2) is 11.5 Å². The van der Waals surface area contributed by atoms with Crippen LogP contribution < -0.4 is 9.47 Å². The van der Waals surface area contributed by atoms with Gasteiger partial charge < -0.3 is 14.4 Å². The highest BCUT2D eigenvalue weighted by Crippen LogP contribution is 2.42. The highest BCUT2D eigenvalue weighted by molar-refractivity contribution is 8.00. The molecule has 1 saturated heterocycles. The van der Waals surface area contributed by atoms with Crippen LogP contribution in [0.15, 0.2) is 48.5 Å². The standard InChI is InChI=1S/C18H19NO3S/c1-21-15-9-8-14(10-16(15)22-2)18-19(17(20)12-23-18)11-13-6-4-3-5-7-13/h3-10,18H,11-12H2,1-2H3/t18-/m0/s1. The molecule has 3 rings (SSSR count). The zero-order valence-electron chi connectivity index (χ0n) is 13.2. The van der Waals surface area contributed by atoms with E-state index in [1.165, 1.54) is 0 Å². The number of nitrogens with zero attached hydrogens (tertiary/aromatic N) is 1. The highest BCUT2D eigenvalue weighted by atomic mass is 32.2. The molecule has 1 aliphatic heterocycles. The van der Waals surface area contributed by atoms with Gasteiger partial charge in [-0.1, -0.05) is 36.4 Å². The van der Waals surface area contributed by atoms with Gasteiger partial charge in [0, 0.05) is 6.54 Å². The molecule has 0 radical (unpaired) electrons. The first-order chi connectivity index (χ1) is 11.2. The fourth-order valence-corrected chi connectivity index (χ4v) is 3.87. The van der Waals surface area contributed by atoms with E-state index in [0.29, 0.717) is 23.8 Å². The molecule has 4 nitrogen and oxygen atoms in total. The second kappa shape index (κ2) is 6.96. The summed E-state index contributed by atoms with van der Waals surface area (Å²) in [6.07, 6.45) is 0. The predicted molar refractivity (Wildman–Crippen MR) is 91.7 cm³/mol. The minimum atomic E-state index is 0.00233. The van der Waals surface area contributed by atoms with E-state index in [9.17, 15) is 4.79 Å². The maximum Gasteiger partial charge on any atom is 0.234 e. The second-order valence-corrected chi connectivity index (χ2v) is 6.35. The number of hydrogen-bond acceptors (Lipinski definition) is 4. The smallest absolute Gasteiger partial charge is 0.234 e. The summed E-state index contributed by atoms with van der Waals surface area (Å²) in [5.74, 6) is 2.05. The molecule has 0 unspecified atom stereocenters. The van der Waals surface area contributed by atoms with Gasteiger partial charge in [-0.25, -0.2) is 0 Å². The quantitative estimate of drug-likeness (QED) is 0.842. The van der Waals surface area contributed by atoms with Crippen molar-refractivity contribution in [1.29, 1.82) is 0 Å². The van der Waals surface area contributed by atoms with Crippen LogP contribution >= 0.6 is 11.8 Å². The van der Waals surface area contributed by atoms with Crippen LogP contribution in [-0.2, 0) is 11.3 Å². The Hall–Kier alpha value is -2.14. The van der Waals surface area contributed by atoms with E-state index in [0.717, 1.165) is 11.1 Å². The van der Waals surface area contributed by atoms with Gasteiger partial charge in [-0.05, 0) is 23.3 Å². The molecule has 1 aliphatic rings. The van der Waals surface area contributed by atoms with Crippen molar-refractivity contribution in [3.63, 3.8) is 0 Å². The van der Waals surface area contributed by atoms with Crippen LogP contribution in [0.3, 0.4) is 0 Å². The zero-order valence-corrected chi connectivity index (χ0v) is 14.0. The molecule has 0 saturated carbocycles. The van der Waals surface area contributed by atoms with Crippen molar-refractivity contribution in [3.8, 4) is 11.5 Å². The van der Waals surface area contributed by atoms with Crippen LogP contribution in [0.25, 0.3) is 0 Å². The van der Waals surface area contributed by atoms with Gasteiger partial charge in [-0.2, -0.15) is 0 Å². The summed E-state index contributed by atoms with van der Waals surface area (Å²) < 4.78 is 10.7. The van der Waals surface area contributed by atoms with Crippen molar-refractivity contribution in [3.05, 3.63) is 59.7 Å². The molecular formula is C18H19NO3S. The number of rotatable bonds is 5. The van der Waals surface area contributed by atoms with E-state index in [2.05, 4.69) is 0 Å². The average molecular weight is 329 g/mol. The van der Waals surface area contributed by atoms with E-state index in [1.807, 2.05) is 53.4 Å². The first-order valence-electron chi connectivity index (χ1n) is 7.40. The largest absolute Gasteiger partial charge is 0.493 e. The summed E-state index contributed by atoms with van der Waals surface area (Å²) in [7, 11) is 3.24. The molecule has 0 aromatic heterocycles. The minimum absolute atomic E-state index is 0.00233. The third-order valence-electron chi connectivity index (χ3n) is 3.86. The van der Waals surface area contributed by atoms with Crippen LogP contribution in [0.5, 0.6) is 11.5 Å². The molecule has 5 heteroatoms. The number of ether oxygens (including phenoxy) is 2. The monoisotopic (exact) mass is 329 g/mol. The summed E-state index contributed by atoms with van der Waals surface area (Å²) in [5, 5.41) is 0.00233. The van der Waals surface area contributed by atoms with E-state index in [4.69, 9.17) is 9.47 Å². The number of methoxy groups -OCH3 is 2. The Kier molecular flexibility index (Phi) is 4.76. The molecule has 2 aromatic rings. The molecule has 1 amide bonds. The van der Waals surface area contributed by atoms with Crippen molar-refractivity contribution in [2.75, 3.05) is 20.0 Å². The van der Waals surface area contributed by atoms with Gasteiger partial charge in [-0.3, -0.25) is 4.79 Å². The summed E-state index contributed by atoms with van der Waals surface area (Å²) in [6, 6.07) is 15.9. The number of thioether (sulfide) groups is 1. The zero-order chi connectivity index (χ0) is 16.2. The van der Waals surface area contributed by atoms with Crippen LogP contribution in [0.2, 0.25) is 0 Å². The van der Waals surface area contributed by atoms with Crippen LogP contribution in [0.4, 0.5) is 0 Å². The molecule has 1 atom stereocenters. The van der Waals surface area contributed by atoms with Crippen molar-refractivity contribution in [2.24, 2.45) is 0 Å². The molecule has 2 aromatic carbocycles. The van der Waals surface area contributed by atoms with Crippen LogP contribution in [-0.4, -0.2) is 30.8 Å². The fourth-order valence-electron chi connectivity index (χ4n) is 2.69. The highest BCUT2D eigenvalue weighted by Gasteiger charge is 2.33. The van der Waals surface area contributed by atoms with Crippen molar-refractivity contribution in [2.45, 2.75) is 11.9 Å². The lowest BCUT2D eigenvalue weighted by Crippen LogP contribution is -2.27. The Bertz CT molecular complexity index is 690. The first-order valence-corrected chi connectivity index (χ1v) is 8.44. The Morgan fingerprint density at radius 3 is 2.52 bits per heavy atom. The lowest BCUT2D eigenvalue weighted by atomic mass is 10.1. The summed E-state index contributed by atoms with van der Waals surface area (Å²) in [5.41, 5.74) is 2.18. The fraction of sp³-hybridized carbons (Fsp3) is 0.278. The van der Waals surface area contributed by atoms with E-state index >= 15 is 0 Å². The van der Waals surface area contributed by atoms with Gasteiger partial charge in [0.1, 0.15) is 5.37 Å². The summed E-state index contributed by atoms with van der Waals surface area (Å²) >= 11 is 1.64. The second-order valence-electron chi connectivity index (χ2n) is 5.29. The molecule has 23 heavy (non-hydrogen) atoms. The Labute approximate surface area is 140 Å². The Morgan fingerprint density at radius 1 is 1.09 bits per heavy atom. The number of carbonyl (C=O) groups is 1. The number of benzene rings is 2. The molecule has 1 heterocycles. The maximum absolute atomic E-state index is 12.3. The van der Waals surface area contributed by atoms with Crippen molar-refractivity contribution < 1.29 is 14.3 Å². The van der Waals surface area contributed by atoms with Crippen LogP contribution in [0.1, 0.15) is 16.5 Å².